The molecule has 1 aromatic rings. The van der Waals surface area contributed by atoms with Crippen LogP contribution in [0, 0.1) is 0 Å². The second-order valence-corrected chi connectivity index (χ2v) is 7.02. The van der Waals surface area contributed by atoms with Crippen molar-refractivity contribution in [2.45, 2.75) is 24.2 Å². The Morgan fingerprint density at radius 1 is 1.25 bits per heavy atom. The Hall–Kier alpha value is -1.56. The zero-order valence-corrected chi connectivity index (χ0v) is 12.4. The van der Waals surface area contributed by atoms with Gasteiger partial charge in [-0.1, -0.05) is 12.1 Å². The van der Waals surface area contributed by atoms with Gasteiger partial charge in [0.05, 0.1) is 10.6 Å². The van der Waals surface area contributed by atoms with Crippen LogP contribution in [0.4, 0.5) is 5.69 Å². The summed E-state index contributed by atoms with van der Waals surface area (Å²) in [4.78, 5) is 14.0. The van der Waals surface area contributed by atoms with Crippen molar-refractivity contribution in [1.82, 2.24) is 4.90 Å². The van der Waals surface area contributed by atoms with E-state index in [0.29, 0.717) is 18.7 Å². The lowest BCUT2D eigenvalue weighted by Gasteiger charge is -2.16. The number of sulfone groups is 1. The topological polar surface area (TPSA) is 66.5 Å². The zero-order valence-electron chi connectivity index (χ0n) is 11.6. The second kappa shape index (κ2) is 6.26. The molecule has 0 bridgehead atoms. The van der Waals surface area contributed by atoms with Crippen LogP contribution in [0.2, 0.25) is 0 Å². The van der Waals surface area contributed by atoms with Crippen LogP contribution in [-0.2, 0) is 14.6 Å². The molecular formula is C14H20N2O3S. The predicted octanol–water partition coefficient (Wildman–Crippen LogP) is 1.51. The first-order valence-electron chi connectivity index (χ1n) is 6.79. The zero-order chi connectivity index (χ0) is 14.6. The largest absolute Gasteiger partial charge is 0.383 e. The quantitative estimate of drug-likeness (QED) is 0.894. The van der Waals surface area contributed by atoms with E-state index >= 15 is 0 Å². The van der Waals surface area contributed by atoms with Crippen LogP contribution in [-0.4, -0.2) is 45.1 Å². The lowest BCUT2D eigenvalue weighted by atomic mass is 10.3. The van der Waals surface area contributed by atoms with Gasteiger partial charge in [0.1, 0.15) is 0 Å². The predicted molar refractivity (Wildman–Crippen MR) is 78.5 cm³/mol. The normalized spacial score (nSPS) is 15.3. The third-order valence-corrected chi connectivity index (χ3v) is 4.55. The Bertz CT molecular complexity index is 578. The van der Waals surface area contributed by atoms with E-state index in [2.05, 4.69) is 5.32 Å². The molecule has 1 aliphatic rings. The Morgan fingerprint density at radius 2 is 1.90 bits per heavy atom. The summed E-state index contributed by atoms with van der Waals surface area (Å²) in [6.45, 7) is 2.14. The lowest BCUT2D eigenvalue weighted by Crippen LogP contribution is -2.29. The summed E-state index contributed by atoms with van der Waals surface area (Å²) in [6.07, 6.45) is 3.73. The van der Waals surface area contributed by atoms with Crippen molar-refractivity contribution >= 4 is 21.4 Å². The summed E-state index contributed by atoms with van der Waals surface area (Å²) in [5, 5.41) is 3.05. The van der Waals surface area contributed by atoms with Gasteiger partial charge in [0, 0.05) is 32.3 Å². The third kappa shape index (κ3) is 3.72. The Labute approximate surface area is 119 Å². The highest BCUT2D eigenvalue weighted by atomic mass is 32.2. The highest BCUT2D eigenvalue weighted by molar-refractivity contribution is 7.90. The van der Waals surface area contributed by atoms with E-state index < -0.39 is 9.84 Å². The average molecular weight is 296 g/mol. The van der Waals surface area contributed by atoms with Gasteiger partial charge < -0.3 is 10.2 Å². The molecule has 1 aliphatic heterocycles. The SMILES string of the molecule is CS(=O)(=O)c1ccccc1NCCC(=O)N1CCCC1. The molecule has 0 spiro atoms. The van der Waals surface area contributed by atoms with Gasteiger partial charge in [0.25, 0.3) is 0 Å². The van der Waals surface area contributed by atoms with Crippen molar-refractivity contribution in [2.24, 2.45) is 0 Å². The number of likely N-dealkylation sites (tertiary alicyclic amines) is 1. The molecule has 1 heterocycles. The highest BCUT2D eigenvalue weighted by Crippen LogP contribution is 2.20. The van der Waals surface area contributed by atoms with Crippen molar-refractivity contribution in [3.63, 3.8) is 0 Å². The van der Waals surface area contributed by atoms with Crippen LogP contribution < -0.4 is 5.32 Å². The molecule has 2 rings (SSSR count). The van der Waals surface area contributed by atoms with E-state index in [1.807, 2.05) is 4.90 Å². The second-order valence-electron chi connectivity index (χ2n) is 5.03. The molecule has 6 heteroatoms. The summed E-state index contributed by atoms with van der Waals surface area (Å²) < 4.78 is 23.3. The lowest BCUT2D eigenvalue weighted by molar-refractivity contribution is -0.129. The first-order valence-corrected chi connectivity index (χ1v) is 8.68. The molecule has 1 saturated heterocycles. The van der Waals surface area contributed by atoms with E-state index in [0.717, 1.165) is 25.9 Å². The molecule has 0 unspecified atom stereocenters. The van der Waals surface area contributed by atoms with E-state index in [1.165, 1.54) is 6.26 Å². The Kier molecular flexibility index (Phi) is 4.65. The minimum Gasteiger partial charge on any atom is -0.383 e. The molecule has 1 aromatic carbocycles. The van der Waals surface area contributed by atoms with Crippen LogP contribution >= 0.6 is 0 Å². The fourth-order valence-electron chi connectivity index (χ4n) is 2.36. The summed E-state index contributed by atoms with van der Waals surface area (Å²) in [6, 6.07) is 6.76. The van der Waals surface area contributed by atoms with Crippen molar-refractivity contribution < 1.29 is 13.2 Å². The summed E-state index contributed by atoms with van der Waals surface area (Å²) >= 11 is 0. The molecule has 0 atom stereocenters. The summed E-state index contributed by atoms with van der Waals surface area (Å²) in [5.74, 6) is 0.131. The first-order chi connectivity index (χ1) is 9.48. The van der Waals surface area contributed by atoms with Gasteiger partial charge in [-0.05, 0) is 25.0 Å². The molecule has 0 aromatic heterocycles. The minimum absolute atomic E-state index is 0.131. The third-order valence-electron chi connectivity index (χ3n) is 3.40. The van der Waals surface area contributed by atoms with Gasteiger partial charge in [0.2, 0.25) is 5.91 Å². The molecular weight excluding hydrogens is 276 g/mol. The maximum atomic E-state index is 11.9. The number of para-hydroxylation sites is 1. The Balaban J connectivity index is 1.93. The van der Waals surface area contributed by atoms with Crippen molar-refractivity contribution in [1.29, 1.82) is 0 Å². The smallest absolute Gasteiger partial charge is 0.224 e. The monoisotopic (exact) mass is 296 g/mol. The first kappa shape index (κ1) is 14.8. The number of rotatable bonds is 5. The average Bonchev–Trinajstić information content (AvgIpc) is 2.92. The molecule has 1 fully saturated rings. The highest BCUT2D eigenvalue weighted by Gasteiger charge is 2.17. The van der Waals surface area contributed by atoms with Crippen molar-refractivity contribution in [3.05, 3.63) is 24.3 Å². The molecule has 0 radical (unpaired) electrons. The number of carbonyl (C=O) groups excluding carboxylic acids is 1. The van der Waals surface area contributed by atoms with Crippen LogP contribution in [0.15, 0.2) is 29.2 Å². The van der Waals surface area contributed by atoms with E-state index in [4.69, 9.17) is 0 Å². The number of anilines is 1. The number of nitrogens with zero attached hydrogens (tertiary/aromatic N) is 1. The van der Waals surface area contributed by atoms with E-state index in [-0.39, 0.29) is 10.8 Å². The van der Waals surface area contributed by atoms with E-state index in [9.17, 15) is 13.2 Å². The fourth-order valence-corrected chi connectivity index (χ4v) is 3.23. The van der Waals surface area contributed by atoms with Crippen molar-refractivity contribution in [2.75, 3.05) is 31.2 Å². The maximum absolute atomic E-state index is 11.9. The summed E-state index contributed by atoms with van der Waals surface area (Å²) in [5.41, 5.74) is 0.559. The molecule has 20 heavy (non-hydrogen) atoms. The molecule has 0 aliphatic carbocycles. The molecule has 110 valence electrons. The number of nitrogens with one attached hydrogen (secondary N) is 1. The van der Waals surface area contributed by atoms with Crippen LogP contribution in [0.1, 0.15) is 19.3 Å². The van der Waals surface area contributed by atoms with Gasteiger partial charge in [-0.2, -0.15) is 0 Å². The Morgan fingerprint density at radius 3 is 2.55 bits per heavy atom. The van der Waals surface area contributed by atoms with Gasteiger partial charge in [-0.15, -0.1) is 0 Å². The van der Waals surface area contributed by atoms with Crippen LogP contribution in [0.3, 0.4) is 0 Å². The van der Waals surface area contributed by atoms with Crippen LogP contribution in [0.5, 0.6) is 0 Å². The number of hydrogen-bond acceptors (Lipinski definition) is 4. The fraction of sp³-hybridized carbons (Fsp3) is 0.500. The minimum atomic E-state index is -3.26. The van der Waals surface area contributed by atoms with Gasteiger partial charge in [-0.3, -0.25) is 4.79 Å². The van der Waals surface area contributed by atoms with E-state index in [1.54, 1.807) is 24.3 Å². The van der Waals surface area contributed by atoms with Gasteiger partial charge in [0.15, 0.2) is 9.84 Å². The maximum Gasteiger partial charge on any atom is 0.224 e. The molecule has 0 saturated carbocycles. The molecule has 1 N–H and O–H groups in total. The van der Waals surface area contributed by atoms with Gasteiger partial charge in [-0.25, -0.2) is 8.42 Å². The molecule has 5 nitrogen and oxygen atoms in total. The van der Waals surface area contributed by atoms with Crippen LogP contribution in [0.25, 0.3) is 0 Å². The number of hydrogen-bond donors (Lipinski definition) is 1. The standard InChI is InChI=1S/C14H20N2O3S/c1-20(18,19)13-7-3-2-6-12(13)15-9-8-14(17)16-10-4-5-11-16/h2-3,6-7,15H,4-5,8-11H2,1H3. The molecule has 1 amide bonds. The summed E-state index contributed by atoms with van der Waals surface area (Å²) in [7, 11) is -3.26. The van der Waals surface area contributed by atoms with Gasteiger partial charge >= 0.3 is 0 Å². The number of carbonyl (C=O) groups is 1. The van der Waals surface area contributed by atoms with Crippen molar-refractivity contribution in [3.8, 4) is 0 Å². The number of benzene rings is 1. The number of amides is 1.